The lowest BCUT2D eigenvalue weighted by atomic mass is 10.3. The van der Waals surface area contributed by atoms with Crippen LogP contribution < -0.4 is 5.32 Å². The van der Waals surface area contributed by atoms with Gasteiger partial charge in [-0.2, -0.15) is 4.31 Å². The maximum atomic E-state index is 12.3. The van der Waals surface area contributed by atoms with Gasteiger partial charge in [-0.05, 0) is 12.8 Å². The number of nitrogens with zero attached hydrogens (tertiary/aromatic N) is 2. The molecule has 6 nitrogen and oxygen atoms in total. The van der Waals surface area contributed by atoms with E-state index >= 15 is 0 Å². The van der Waals surface area contributed by atoms with Crippen LogP contribution in [0.25, 0.3) is 0 Å². The summed E-state index contributed by atoms with van der Waals surface area (Å²) in [4.78, 5) is 13.8. The van der Waals surface area contributed by atoms with Crippen molar-refractivity contribution >= 4 is 15.9 Å². The molecule has 0 aromatic carbocycles. The standard InChI is InChI=1S/C12H23N3O3S/c1-14(19(17,18)11-4-2-3-5-11)10-12(16)15-8-6-13-7-9-15/h11,13H,2-10H2,1H3. The van der Waals surface area contributed by atoms with Crippen molar-refractivity contribution in [3.8, 4) is 0 Å². The molecule has 1 aliphatic carbocycles. The highest BCUT2D eigenvalue weighted by Crippen LogP contribution is 2.26. The van der Waals surface area contributed by atoms with E-state index in [-0.39, 0.29) is 17.7 Å². The van der Waals surface area contributed by atoms with Gasteiger partial charge in [0.1, 0.15) is 0 Å². The van der Waals surface area contributed by atoms with Crippen LogP contribution in [0.4, 0.5) is 0 Å². The monoisotopic (exact) mass is 289 g/mol. The van der Waals surface area contributed by atoms with Gasteiger partial charge >= 0.3 is 0 Å². The summed E-state index contributed by atoms with van der Waals surface area (Å²) in [6, 6.07) is 0. The first-order valence-electron chi connectivity index (χ1n) is 6.95. The van der Waals surface area contributed by atoms with Crippen molar-refractivity contribution in [2.24, 2.45) is 0 Å². The molecule has 0 unspecified atom stereocenters. The Morgan fingerprint density at radius 3 is 2.42 bits per heavy atom. The lowest BCUT2D eigenvalue weighted by molar-refractivity contribution is -0.131. The van der Waals surface area contributed by atoms with Crippen LogP contribution in [-0.2, 0) is 14.8 Å². The summed E-state index contributed by atoms with van der Waals surface area (Å²) in [7, 11) is -1.78. The SMILES string of the molecule is CN(CC(=O)N1CCNCC1)S(=O)(=O)C1CCCC1. The summed E-state index contributed by atoms with van der Waals surface area (Å²) in [6.45, 7) is 2.86. The second-order valence-electron chi connectivity index (χ2n) is 5.34. The fourth-order valence-electron chi connectivity index (χ4n) is 2.74. The zero-order valence-corrected chi connectivity index (χ0v) is 12.3. The van der Waals surface area contributed by atoms with Crippen molar-refractivity contribution in [2.45, 2.75) is 30.9 Å². The zero-order chi connectivity index (χ0) is 13.9. The lowest BCUT2D eigenvalue weighted by Crippen LogP contribution is -2.50. The maximum absolute atomic E-state index is 12.3. The molecule has 1 saturated carbocycles. The Balaban J connectivity index is 1.92. The van der Waals surface area contributed by atoms with Crippen molar-refractivity contribution in [1.29, 1.82) is 0 Å². The molecule has 1 amide bonds. The molecule has 2 fully saturated rings. The molecule has 2 aliphatic rings. The summed E-state index contributed by atoms with van der Waals surface area (Å²) >= 11 is 0. The van der Waals surface area contributed by atoms with E-state index in [1.165, 1.54) is 11.4 Å². The zero-order valence-electron chi connectivity index (χ0n) is 11.5. The number of hydrogen-bond acceptors (Lipinski definition) is 4. The molecular weight excluding hydrogens is 266 g/mol. The van der Waals surface area contributed by atoms with Crippen molar-refractivity contribution in [3.05, 3.63) is 0 Å². The van der Waals surface area contributed by atoms with Gasteiger partial charge in [-0.1, -0.05) is 12.8 Å². The Morgan fingerprint density at radius 2 is 1.84 bits per heavy atom. The molecule has 7 heteroatoms. The van der Waals surface area contributed by atoms with Crippen LogP contribution in [-0.4, -0.2) is 68.6 Å². The molecule has 2 rings (SSSR count). The molecule has 1 saturated heterocycles. The van der Waals surface area contributed by atoms with Crippen LogP contribution >= 0.6 is 0 Å². The fourth-order valence-corrected chi connectivity index (χ4v) is 4.46. The predicted octanol–water partition coefficient (Wildman–Crippen LogP) is -0.378. The van der Waals surface area contributed by atoms with Crippen molar-refractivity contribution in [1.82, 2.24) is 14.5 Å². The quantitative estimate of drug-likeness (QED) is 0.766. The second kappa shape index (κ2) is 6.19. The van der Waals surface area contributed by atoms with E-state index in [1.807, 2.05) is 0 Å². The first-order valence-corrected chi connectivity index (χ1v) is 8.46. The van der Waals surface area contributed by atoms with Crippen LogP contribution in [0.1, 0.15) is 25.7 Å². The molecule has 0 atom stereocenters. The maximum Gasteiger partial charge on any atom is 0.237 e. The third-order valence-electron chi connectivity index (χ3n) is 3.99. The van der Waals surface area contributed by atoms with E-state index < -0.39 is 10.0 Å². The van der Waals surface area contributed by atoms with Crippen molar-refractivity contribution in [2.75, 3.05) is 39.8 Å². The molecule has 19 heavy (non-hydrogen) atoms. The number of piperazine rings is 1. The highest BCUT2D eigenvalue weighted by Gasteiger charge is 2.33. The normalized spacial score (nSPS) is 22.1. The van der Waals surface area contributed by atoms with E-state index in [0.717, 1.165) is 38.8 Å². The predicted molar refractivity (Wildman–Crippen MR) is 73.3 cm³/mol. The average Bonchev–Trinajstić information content (AvgIpc) is 2.94. The van der Waals surface area contributed by atoms with Crippen molar-refractivity contribution < 1.29 is 13.2 Å². The topological polar surface area (TPSA) is 69.7 Å². The Morgan fingerprint density at radius 1 is 1.26 bits per heavy atom. The third-order valence-corrected chi connectivity index (χ3v) is 6.30. The van der Waals surface area contributed by atoms with Gasteiger partial charge < -0.3 is 10.2 Å². The smallest absolute Gasteiger partial charge is 0.237 e. The minimum absolute atomic E-state index is 0.0289. The molecule has 1 aliphatic heterocycles. The Hall–Kier alpha value is -0.660. The number of hydrogen-bond donors (Lipinski definition) is 1. The molecule has 110 valence electrons. The van der Waals surface area contributed by atoms with Crippen molar-refractivity contribution in [3.63, 3.8) is 0 Å². The number of amides is 1. The minimum atomic E-state index is -3.30. The fraction of sp³-hybridized carbons (Fsp3) is 0.917. The third kappa shape index (κ3) is 3.46. The Bertz CT molecular complexity index is 412. The van der Waals surface area contributed by atoms with E-state index in [4.69, 9.17) is 0 Å². The van der Waals surface area contributed by atoms with Gasteiger partial charge in [0, 0.05) is 33.2 Å². The van der Waals surface area contributed by atoms with E-state index in [9.17, 15) is 13.2 Å². The number of carbonyl (C=O) groups excluding carboxylic acids is 1. The van der Waals surface area contributed by atoms with Crippen LogP contribution in [0.3, 0.4) is 0 Å². The molecule has 0 aromatic heterocycles. The first-order chi connectivity index (χ1) is 9.01. The summed E-state index contributed by atoms with van der Waals surface area (Å²) in [6.07, 6.45) is 3.41. The minimum Gasteiger partial charge on any atom is -0.339 e. The van der Waals surface area contributed by atoms with Crippen LogP contribution in [0, 0.1) is 0 Å². The molecule has 0 spiro atoms. The van der Waals surface area contributed by atoms with Gasteiger partial charge in [-0.15, -0.1) is 0 Å². The molecule has 0 aromatic rings. The van der Waals surface area contributed by atoms with E-state index in [0.29, 0.717) is 13.1 Å². The van der Waals surface area contributed by atoms with Crippen LogP contribution in [0.15, 0.2) is 0 Å². The highest BCUT2D eigenvalue weighted by atomic mass is 32.2. The Labute approximate surface area is 115 Å². The van der Waals surface area contributed by atoms with E-state index in [1.54, 1.807) is 4.90 Å². The summed E-state index contributed by atoms with van der Waals surface area (Å²) in [5.41, 5.74) is 0. The number of rotatable bonds is 4. The van der Waals surface area contributed by atoms with Gasteiger partial charge in [0.05, 0.1) is 11.8 Å². The van der Waals surface area contributed by atoms with Crippen LogP contribution in [0.5, 0.6) is 0 Å². The van der Waals surface area contributed by atoms with Gasteiger partial charge in [-0.3, -0.25) is 4.79 Å². The molecule has 1 N–H and O–H groups in total. The summed E-state index contributed by atoms with van der Waals surface area (Å²) in [5, 5.41) is 2.89. The summed E-state index contributed by atoms with van der Waals surface area (Å²) in [5.74, 6) is -0.0921. The number of likely N-dealkylation sites (N-methyl/N-ethyl adjacent to an activating group) is 1. The Kier molecular flexibility index (Phi) is 4.81. The van der Waals surface area contributed by atoms with Gasteiger partial charge in [0.15, 0.2) is 0 Å². The summed E-state index contributed by atoms with van der Waals surface area (Å²) < 4.78 is 25.8. The first kappa shape index (κ1) is 14.7. The number of carbonyl (C=O) groups is 1. The average molecular weight is 289 g/mol. The largest absolute Gasteiger partial charge is 0.339 e. The highest BCUT2D eigenvalue weighted by molar-refractivity contribution is 7.89. The molecular formula is C12H23N3O3S. The van der Waals surface area contributed by atoms with Gasteiger partial charge in [0.2, 0.25) is 15.9 Å². The molecule has 0 bridgehead atoms. The number of sulfonamides is 1. The number of nitrogens with one attached hydrogen (secondary N) is 1. The van der Waals surface area contributed by atoms with Gasteiger partial charge in [0.25, 0.3) is 0 Å². The van der Waals surface area contributed by atoms with Crippen LogP contribution in [0.2, 0.25) is 0 Å². The molecule has 0 radical (unpaired) electrons. The lowest BCUT2D eigenvalue weighted by Gasteiger charge is -2.29. The van der Waals surface area contributed by atoms with E-state index in [2.05, 4.69) is 5.32 Å². The van der Waals surface area contributed by atoms with Gasteiger partial charge in [-0.25, -0.2) is 8.42 Å². The molecule has 1 heterocycles. The second-order valence-corrected chi connectivity index (χ2v) is 7.66.